The number of para-hydroxylation sites is 2. The Labute approximate surface area is 104 Å². The average Bonchev–Trinajstić information content (AvgIpc) is 3.26. The van der Waals surface area contributed by atoms with Crippen molar-refractivity contribution in [3.8, 4) is 0 Å². The Bertz CT molecular complexity index is 596. The van der Waals surface area contributed by atoms with Gasteiger partial charge in [-0.1, -0.05) is 12.1 Å². The molecule has 18 heavy (non-hydrogen) atoms. The van der Waals surface area contributed by atoms with Crippen LogP contribution in [0.1, 0.15) is 0 Å². The summed E-state index contributed by atoms with van der Waals surface area (Å²) in [5.74, 6) is 0. The van der Waals surface area contributed by atoms with Crippen molar-refractivity contribution in [3.63, 3.8) is 0 Å². The van der Waals surface area contributed by atoms with Gasteiger partial charge in [-0.05, 0) is 12.1 Å². The van der Waals surface area contributed by atoms with Gasteiger partial charge in [-0.25, -0.2) is 4.79 Å². The van der Waals surface area contributed by atoms with Crippen molar-refractivity contribution in [2.75, 3.05) is 13.2 Å². The molecule has 3 heterocycles. The molecular formula is C13H14N2O3. The van der Waals surface area contributed by atoms with E-state index in [0.717, 1.165) is 24.2 Å². The highest BCUT2D eigenvalue weighted by Crippen LogP contribution is 2.19. The van der Waals surface area contributed by atoms with Crippen molar-refractivity contribution in [2.24, 2.45) is 0 Å². The molecule has 0 saturated carbocycles. The number of ether oxygens (including phenoxy) is 2. The lowest BCUT2D eigenvalue weighted by molar-refractivity contribution is 0.372. The molecule has 2 fully saturated rings. The van der Waals surface area contributed by atoms with Crippen molar-refractivity contribution in [2.45, 2.75) is 25.3 Å². The molecule has 0 radical (unpaired) electrons. The van der Waals surface area contributed by atoms with Gasteiger partial charge in [0.25, 0.3) is 0 Å². The number of epoxide rings is 2. The molecule has 2 atom stereocenters. The van der Waals surface area contributed by atoms with Crippen molar-refractivity contribution >= 4 is 11.0 Å². The quantitative estimate of drug-likeness (QED) is 0.742. The van der Waals surface area contributed by atoms with E-state index in [9.17, 15) is 4.79 Å². The summed E-state index contributed by atoms with van der Waals surface area (Å²) in [5, 5.41) is 0. The summed E-state index contributed by atoms with van der Waals surface area (Å²) in [7, 11) is 0. The topological polar surface area (TPSA) is 52.0 Å². The van der Waals surface area contributed by atoms with Crippen molar-refractivity contribution in [3.05, 3.63) is 34.7 Å². The van der Waals surface area contributed by atoms with Gasteiger partial charge in [0.15, 0.2) is 0 Å². The number of aromatic nitrogens is 2. The first-order valence-corrected chi connectivity index (χ1v) is 6.24. The van der Waals surface area contributed by atoms with Gasteiger partial charge in [0.05, 0.1) is 49.5 Å². The van der Waals surface area contributed by atoms with Crippen LogP contribution in [0.5, 0.6) is 0 Å². The van der Waals surface area contributed by atoms with E-state index >= 15 is 0 Å². The number of fused-ring (bicyclic) bond motifs is 1. The molecule has 2 aliphatic heterocycles. The molecule has 0 N–H and O–H groups in total. The summed E-state index contributed by atoms with van der Waals surface area (Å²) in [4.78, 5) is 12.4. The van der Waals surface area contributed by atoms with Gasteiger partial charge >= 0.3 is 5.69 Å². The molecule has 0 spiro atoms. The second-order valence-corrected chi connectivity index (χ2v) is 4.90. The Morgan fingerprint density at radius 1 is 1.00 bits per heavy atom. The minimum Gasteiger partial charge on any atom is -0.371 e. The maximum Gasteiger partial charge on any atom is 0.329 e. The minimum atomic E-state index is 0.0437. The second-order valence-electron chi connectivity index (χ2n) is 4.90. The zero-order valence-electron chi connectivity index (χ0n) is 9.91. The molecular weight excluding hydrogens is 232 g/mol. The van der Waals surface area contributed by atoms with E-state index in [1.165, 1.54) is 0 Å². The molecule has 0 bridgehead atoms. The van der Waals surface area contributed by atoms with E-state index in [4.69, 9.17) is 9.47 Å². The fraction of sp³-hybridized carbons (Fsp3) is 0.462. The monoisotopic (exact) mass is 246 g/mol. The molecule has 0 unspecified atom stereocenters. The van der Waals surface area contributed by atoms with Crippen LogP contribution in [-0.2, 0) is 22.6 Å². The van der Waals surface area contributed by atoms with Crippen LogP contribution >= 0.6 is 0 Å². The van der Waals surface area contributed by atoms with Crippen LogP contribution in [-0.4, -0.2) is 34.6 Å². The van der Waals surface area contributed by atoms with E-state index in [0.29, 0.717) is 13.1 Å². The normalized spacial score (nSPS) is 25.6. The molecule has 1 aromatic heterocycles. The fourth-order valence-corrected chi connectivity index (χ4v) is 2.38. The maximum absolute atomic E-state index is 12.4. The lowest BCUT2D eigenvalue weighted by Gasteiger charge is -1.98. The van der Waals surface area contributed by atoms with Crippen molar-refractivity contribution in [1.29, 1.82) is 0 Å². The van der Waals surface area contributed by atoms with Crippen LogP contribution in [0.3, 0.4) is 0 Å². The highest BCUT2D eigenvalue weighted by atomic mass is 16.6. The molecule has 2 aromatic rings. The maximum atomic E-state index is 12.4. The van der Waals surface area contributed by atoms with E-state index < -0.39 is 0 Å². The largest absolute Gasteiger partial charge is 0.371 e. The van der Waals surface area contributed by atoms with Crippen LogP contribution in [0.15, 0.2) is 29.1 Å². The number of hydrogen-bond acceptors (Lipinski definition) is 3. The second kappa shape index (κ2) is 3.70. The number of rotatable bonds is 4. The van der Waals surface area contributed by atoms with Gasteiger partial charge < -0.3 is 9.47 Å². The average molecular weight is 246 g/mol. The van der Waals surface area contributed by atoms with Crippen molar-refractivity contribution in [1.82, 2.24) is 9.13 Å². The number of benzene rings is 1. The summed E-state index contributed by atoms with van der Waals surface area (Å²) in [5.41, 5.74) is 2.01. The van der Waals surface area contributed by atoms with E-state index in [2.05, 4.69) is 0 Å². The van der Waals surface area contributed by atoms with Gasteiger partial charge in [0.1, 0.15) is 0 Å². The van der Waals surface area contributed by atoms with Gasteiger partial charge in [0, 0.05) is 0 Å². The van der Waals surface area contributed by atoms with Gasteiger partial charge in [-0.15, -0.1) is 0 Å². The fourth-order valence-electron chi connectivity index (χ4n) is 2.38. The smallest absolute Gasteiger partial charge is 0.329 e. The summed E-state index contributed by atoms with van der Waals surface area (Å²) < 4.78 is 14.1. The van der Waals surface area contributed by atoms with E-state index in [1.807, 2.05) is 33.4 Å². The summed E-state index contributed by atoms with van der Waals surface area (Å²) in [6.45, 7) is 2.82. The Kier molecular flexibility index (Phi) is 2.13. The van der Waals surface area contributed by atoms with Crippen LogP contribution in [0.2, 0.25) is 0 Å². The lowest BCUT2D eigenvalue weighted by Crippen LogP contribution is -2.27. The molecule has 5 nitrogen and oxygen atoms in total. The Morgan fingerprint density at radius 2 is 1.44 bits per heavy atom. The summed E-state index contributed by atoms with van der Waals surface area (Å²) in [6.07, 6.45) is 0.415. The van der Waals surface area contributed by atoms with Gasteiger partial charge in [-0.3, -0.25) is 9.13 Å². The standard InChI is InChI=1S/C13H14N2O3/c16-13-14(5-9-7-17-9)11-3-1-2-4-12(11)15(13)6-10-8-18-10/h1-4,9-10H,5-8H2/t9-,10-/m1/s1. The first-order chi connectivity index (χ1) is 8.83. The number of hydrogen-bond donors (Lipinski definition) is 0. The predicted molar refractivity (Wildman–Crippen MR) is 65.7 cm³/mol. The zero-order valence-corrected chi connectivity index (χ0v) is 9.91. The number of imidazole rings is 1. The third-order valence-electron chi connectivity index (χ3n) is 3.50. The van der Waals surface area contributed by atoms with Crippen LogP contribution in [0.4, 0.5) is 0 Å². The Morgan fingerprint density at radius 3 is 1.83 bits per heavy atom. The van der Waals surface area contributed by atoms with Crippen LogP contribution in [0, 0.1) is 0 Å². The first kappa shape index (κ1) is 10.3. The zero-order chi connectivity index (χ0) is 12.1. The molecule has 2 aliphatic rings. The van der Waals surface area contributed by atoms with Crippen LogP contribution in [0.25, 0.3) is 11.0 Å². The summed E-state index contributed by atoms with van der Waals surface area (Å²) in [6, 6.07) is 7.90. The van der Waals surface area contributed by atoms with Crippen molar-refractivity contribution < 1.29 is 9.47 Å². The molecule has 0 aliphatic carbocycles. The van der Waals surface area contributed by atoms with Crippen LogP contribution < -0.4 is 5.69 Å². The third-order valence-corrected chi connectivity index (χ3v) is 3.50. The third kappa shape index (κ3) is 1.67. The molecule has 94 valence electrons. The minimum absolute atomic E-state index is 0.0437. The highest BCUT2D eigenvalue weighted by molar-refractivity contribution is 5.76. The van der Waals surface area contributed by atoms with E-state index in [-0.39, 0.29) is 17.9 Å². The molecule has 2 saturated heterocycles. The van der Waals surface area contributed by atoms with Gasteiger partial charge in [0.2, 0.25) is 0 Å². The summed E-state index contributed by atoms with van der Waals surface area (Å²) >= 11 is 0. The molecule has 5 heteroatoms. The van der Waals surface area contributed by atoms with Gasteiger partial charge in [-0.2, -0.15) is 0 Å². The molecule has 4 rings (SSSR count). The number of nitrogens with zero attached hydrogens (tertiary/aromatic N) is 2. The molecule has 0 amide bonds. The lowest BCUT2D eigenvalue weighted by atomic mass is 10.3. The Hall–Kier alpha value is -1.59. The SMILES string of the molecule is O=c1n(C[C@@H]2CO2)c2ccccc2n1C[C@@H]1CO1. The Balaban J connectivity index is 1.86. The predicted octanol–water partition coefficient (Wildman–Crippen LogP) is 0.601. The van der Waals surface area contributed by atoms with E-state index in [1.54, 1.807) is 0 Å². The molecule has 1 aromatic carbocycles. The highest BCUT2D eigenvalue weighted by Gasteiger charge is 2.28. The first-order valence-electron chi connectivity index (χ1n) is 6.24.